The van der Waals surface area contributed by atoms with Crippen LogP contribution >= 0.6 is 23.2 Å². The number of nitrogens with zero attached hydrogens (tertiary/aromatic N) is 2. The molecule has 1 aromatic carbocycles. The predicted molar refractivity (Wildman–Crippen MR) is 71.7 cm³/mol. The Kier molecular flexibility index (Phi) is 6.54. The van der Waals surface area contributed by atoms with Crippen molar-refractivity contribution in [1.82, 2.24) is 10.2 Å². The first-order valence-electron chi connectivity index (χ1n) is 5.49. The van der Waals surface area contributed by atoms with Crippen molar-refractivity contribution >= 4 is 34.8 Å². The first kappa shape index (κ1) is 16.5. The van der Waals surface area contributed by atoms with Gasteiger partial charge in [-0.3, -0.25) is 4.79 Å². The molecule has 0 aliphatic carbocycles. The van der Waals surface area contributed by atoms with Crippen molar-refractivity contribution in [3.8, 4) is 0 Å². The van der Waals surface area contributed by atoms with Gasteiger partial charge in [0.2, 0.25) is 4.91 Å². The zero-order chi connectivity index (χ0) is 15.1. The molecule has 1 rings (SSSR count). The minimum absolute atomic E-state index is 0.373. The summed E-state index contributed by atoms with van der Waals surface area (Å²) in [5.74, 6) is -0.783. The third kappa shape index (κ3) is 4.54. The van der Waals surface area contributed by atoms with Gasteiger partial charge in [0.1, 0.15) is 18.3 Å². The molecule has 1 aromatic rings. The van der Waals surface area contributed by atoms with Crippen LogP contribution in [0, 0.1) is 5.53 Å². The van der Waals surface area contributed by atoms with Crippen LogP contribution < -0.4 is 10.2 Å². The molecule has 0 bridgehead atoms. The fourth-order valence-electron chi connectivity index (χ4n) is 1.48. The first-order valence-corrected chi connectivity index (χ1v) is 6.37. The summed E-state index contributed by atoms with van der Waals surface area (Å²) in [7, 11) is 0. The number of amides is 1. The van der Waals surface area contributed by atoms with E-state index in [1.807, 2.05) is 0 Å². The molecule has 0 saturated carbocycles. The lowest BCUT2D eigenvalue weighted by atomic mass is 10.0. The van der Waals surface area contributed by atoms with Gasteiger partial charge in [-0.15, -0.1) is 0 Å². The highest BCUT2D eigenvalue weighted by Crippen LogP contribution is 2.21. The van der Waals surface area contributed by atoms with Gasteiger partial charge in [-0.25, -0.2) is 4.39 Å². The van der Waals surface area contributed by atoms with E-state index in [2.05, 4.69) is 15.3 Å². The zero-order valence-electron chi connectivity index (χ0n) is 10.1. The summed E-state index contributed by atoms with van der Waals surface area (Å²) >= 11 is 10.7. The Morgan fingerprint density at radius 2 is 2.05 bits per heavy atom. The Labute approximate surface area is 124 Å². The van der Waals surface area contributed by atoms with E-state index >= 15 is 0 Å². The highest BCUT2D eigenvalue weighted by Gasteiger charge is 2.25. The van der Waals surface area contributed by atoms with Crippen LogP contribution in [0.4, 0.5) is 10.1 Å². The van der Waals surface area contributed by atoms with Gasteiger partial charge in [0.25, 0.3) is 5.91 Å². The monoisotopic (exact) mass is 321 g/mol. The van der Waals surface area contributed by atoms with E-state index in [-0.39, 0.29) is 0 Å². The topological polar surface area (TPSA) is 99.6 Å². The number of alkyl halides is 3. The Hall–Kier alpha value is -1.53. The summed E-state index contributed by atoms with van der Waals surface area (Å²) in [5, 5.41) is 15.7. The smallest absolute Gasteiger partial charge is 0.253 e. The zero-order valence-corrected chi connectivity index (χ0v) is 11.6. The molecule has 2 atom stereocenters. The fourth-order valence-corrected chi connectivity index (χ4v) is 1.60. The number of halogens is 3. The van der Waals surface area contributed by atoms with Crippen molar-refractivity contribution in [2.75, 3.05) is 6.67 Å². The predicted octanol–water partition coefficient (Wildman–Crippen LogP) is 2.16. The van der Waals surface area contributed by atoms with Crippen molar-refractivity contribution in [2.24, 2.45) is 5.11 Å². The van der Waals surface area contributed by atoms with Gasteiger partial charge in [0.05, 0.1) is 6.04 Å². The highest BCUT2D eigenvalue weighted by atomic mass is 35.5. The van der Waals surface area contributed by atoms with Crippen LogP contribution in [0.1, 0.15) is 11.7 Å². The molecule has 9 heteroatoms. The Bertz CT molecular complexity index is 506. The molecule has 0 aliphatic rings. The van der Waals surface area contributed by atoms with E-state index < -0.39 is 29.6 Å². The Morgan fingerprint density at radius 1 is 1.45 bits per heavy atom. The van der Waals surface area contributed by atoms with Crippen molar-refractivity contribution in [3.05, 3.63) is 29.8 Å². The Balaban J connectivity index is 2.82. The maximum Gasteiger partial charge on any atom is 0.253 e. The highest BCUT2D eigenvalue weighted by molar-refractivity contribution is 6.53. The van der Waals surface area contributed by atoms with Gasteiger partial charge in [-0.1, -0.05) is 35.3 Å². The molecule has 20 heavy (non-hydrogen) atoms. The molecule has 0 aromatic heterocycles. The van der Waals surface area contributed by atoms with Gasteiger partial charge in [0.15, 0.2) is 15.6 Å². The van der Waals surface area contributed by atoms with E-state index in [9.17, 15) is 14.3 Å². The second-order valence-electron chi connectivity index (χ2n) is 3.81. The van der Waals surface area contributed by atoms with Gasteiger partial charge < -0.3 is 10.4 Å². The normalized spacial score (nSPS) is 13.4. The van der Waals surface area contributed by atoms with Gasteiger partial charge >= 0.3 is 0 Å². The number of nitrogens with one attached hydrogen (secondary N) is 2. The molecule has 0 spiro atoms. The maximum atomic E-state index is 12.9. The molecule has 108 valence electrons. The van der Waals surface area contributed by atoms with Crippen molar-refractivity contribution in [2.45, 2.75) is 17.0 Å². The SMILES string of the molecule is N=[N+]=Nc1ccc(C(O)C(CF)NC(=O)C(Cl)Cl)cc1. The van der Waals surface area contributed by atoms with Crippen LogP contribution in [0.25, 0.3) is 0 Å². The molecule has 0 heterocycles. The number of rotatable bonds is 6. The maximum absolute atomic E-state index is 12.9. The summed E-state index contributed by atoms with van der Waals surface area (Å²) in [6.07, 6.45) is -1.27. The standard InChI is InChI=1S/C11H11Cl2FN4O2/c12-10(13)11(20)16-8(5-14)9(19)6-1-3-7(4-2-6)17-18-15/h1-4,8-10,15,19H,5H2/p+1. The average Bonchev–Trinajstić information content (AvgIpc) is 2.44. The second kappa shape index (κ2) is 7.91. The molecule has 3 N–H and O–H groups in total. The van der Waals surface area contributed by atoms with E-state index in [0.29, 0.717) is 11.3 Å². The van der Waals surface area contributed by atoms with Crippen LogP contribution in [0.2, 0.25) is 0 Å². The molecule has 0 fully saturated rings. The number of carbonyl (C=O) groups excluding carboxylic acids is 1. The summed E-state index contributed by atoms with van der Waals surface area (Å²) in [6, 6.07) is 4.82. The van der Waals surface area contributed by atoms with E-state index in [4.69, 9.17) is 28.7 Å². The molecule has 0 saturated heterocycles. The van der Waals surface area contributed by atoms with Crippen LogP contribution in [-0.4, -0.2) is 28.6 Å². The van der Waals surface area contributed by atoms with Crippen molar-refractivity contribution in [1.29, 1.82) is 5.53 Å². The molecule has 1 amide bonds. The van der Waals surface area contributed by atoms with Gasteiger partial charge in [-0.05, 0) is 17.7 Å². The third-order valence-corrected chi connectivity index (χ3v) is 2.87. The lowest BCUT2D eigenvalue weighted by molar-refractivity contribution is -0.121. The summed E-state index contributed by atoms with van der Waals surface area (Å²) in [6.45, 7) is -0.985. The largest absolute Gasteiger partial charge is 0.386 e. The van der Waals surface area contributed by atoms with Gasteiger partial charge in [0, 0.05) is 0 Å². The number of aliphatic hydroxyl groups is 1. The number of benzene rings is 1. The van der Waals surface area contributed by atoms with E-state index in [1.54, 1.807) is 0 Å². The van der Waals surface area contributed by atoms with Crippen LogP contribution in [0.5, 0.6) is 0 Å². The molecule has 2 unspecified atom stereocenters. The van der Waals surface area contributed by atoms with Crippen molar-refractivity contribution < 1.29 is 14.3 Å². The van der Waals surface area contributed by atoms with Crippen molar-refractivity contribution in [3.63, 3.8) is 0 Å². The lowest BCUT2D eigenvalue weighted by Crippen LogP contribution is -2.43. The number of aliphatic hydroxyl groups excluding tert-OH is 1. The quantitative estimate of drug-likeness (QED) is 0.425. The minimum atomic E-state index is -1.34. The Morgan fingerprint density at radius 3 is 2.50 bits per heavy atom. The lowest BCUT2D eigenvalue weighted by Gasteiger charge is -2.22. The first-order chi connectivity index (χ1) is 9.49. The van der Waals surface area contributed by atoms with Crippen LogP contribution in [0.3, 0.4) is 0 Å². The molecule has 0 aliphatic heterocycles. The molecular weight excluding hydrogens is 310 g/mol. The number of carbonyl (C=O) groups is 1. The second-order valence-corrected chi connectivity index (χ2v) is 4.90. The minimum Gasteiger partial charge on any atom is -0.386 e. The molecule has 6 nitrogen and oxygen atoms in total. The number of hydrogen-bond donors (Lipinski definition) is 3. The summed E-state index contributed by atoms with van der Waals surface area (Å²) < 4.78 is 12.9. The van der Waals surface area contributed by atoms with E-state index in [0.717, 1.165) is 0 Å². The summed E-state index contributed by atoms with van der Waals surface area (Å²) in [4.78, 5) is 12.8. The average molecular weight is 322 g/mol. The fraction of sp³-hybridized carbons (Fsp3) is 0.364. The van der Waals surface area contributed by atoms with Gasteiger partial charge in [-0.2, -0.15) is 0 Å². The van der Waals surface area contributed by atoms with Crippen LogP contribution in [-0.2, 0) is 4.79 Å². The third-order valence-electron chi connectivity index (χ3n) is 2.47. The van der Waals surface area contributed by atoms with Crippen LogP contribution in [0.15, 0.2) is 29.4 Å². The summed E-state index contributed by atoms with van der Waals surface area (Å²) in [5.41, 5.74) is 7.37. The molecular formula is C11H12Cl2FN4O2+. The number of hydrogen-bond acceptors (Lipinski definition) is 4. The molecule has 0 radical (unpaired) electrons. The van der Waals surface area contributed by atoms with E-state index in [1.165, 1.54) is 24.3 Å².